The van der Waals surface area contributed by atoms with Gasteiger partial charge >= 0.3 is 0 Å². The number of carbonyl (C=O) groups is 1. The van der Waals surface area contributed by atoms with Gasteiger partial charge in [-0.15, -0.1) is 0 Å². The van der Waals surface area contributed by atoms with Crippen molar-refractivity contribution in [2.75, 3.05) is 13.1 Å². The van der Waals surface area contributed by atoms with E-state index in [9.17, 15) is 10.1 Å². The van der Waals surface area contributed by atoms with Gasteiger partial charge in [0.1, 0.15) is 0 Å². The van der Waals surface area contributed by atoms with Gasteiger partial charge in [0.05, 0.1) is 12.0 Å². The lowest BCUT2D eigenvalue weighted by Crippen LogP contribution is -2.28. The van der Waals surface area contributed by atoms with Gasteiger partial charge in [-0.05, 0) is 30.4 Å². The van der Waals surface area contributed by atoms with Crippen LogP contribution in [0.15, 0.2) is 24.3 Å². The summed E-state index contributed by atoms with van der Waals surface area (Å²) < 4.78 is 0. The lowest BCUT2D eigenvalue weighted by molar-refractivity contribution is -0.130. The highest BCUT2D eigenvalue weighted by molar-refractivity contribution is 5.77. The number of hydrogen-bond donors (Lipinski definition) is 0. The van der Waals surface area contributed by atoms with E-state index in [2.05, 4.69) is 13.0 Å². The van der Waals surface area contributed by atoms with Crippen LogP contribution in [0.1, 0.15) is 43.2 Å². The first kappa shape index (κ1) is 13.6. The smallest absolute Gasteiger partial charge is 0.224 e. The van der Waals surface area contributed by atoms with Crippen LogP contribution in [-0.2, 0) is 11.2 Å². The molecule has 1 amide bonds. The van der Waals surface area contributed by atoms with Crippen LogP contribution >= 0.6 is 0 Å². The number of nitrogens with zero attached hydrogens (tertiary/aromatic N) is 2. The average Bonchev–Trinajstić information content (AvgIpc) is 2.99. The zero-order valence-corrected chi connectivity index (χ0v) is 11.4. The van der Waals surface area contributed by atoms with E-state index >= 15 is 0 Å². The molecule has 19 heavy (non-hydrogen) atoms. The van der Waals surface area contributed by atoms with Crippen LogP contribution in [0.25, 0.3) is 0 Å². The number of amides is 1. The molecule has 1 unspecified atom stereocenters. The van der Waals surface area contributed by atoms with Crippen molar-refractivity contribution in [3.8, 4) is 6.07 Å². The largest absolute Gasteiger partial charge is 0.343 e. The molecule has 1 aliphatic rings. The van der Waals surface area contributed by atoms with Crippen molar-refractivity contribution in [1.82, 2.24) is 4.90 Å². The second kappa shape index (κ2) is 6.38. The number of hydrogen-bond acceptors (Lipinski definition) is 2. The van der Waals surface area contributed by atoms with Crippen LogP contribution in [0.5, 0.6) is 0 Å². The quantitative estimate of drug-likeness (QED) is 0.831. The van der Waals surface area contributed by atoms with Crippen molar-refractivity contribution in [1.29, 1.82) is 5.26 Å². The molecule has 1 saturated heterocycles. The van der Waals surface area contributed by atoms with Crippen molar-refractivity contribution in [2.24, 2.45) is 0 Å². The minimum Gasteiger partial charge on any atom is -0.343 e. The highest BCUT2D eigenvalue weighted by atomic mass is 16.2. The lowest BCUT2D eigenvalue weighted by Gasteiger charge is -2.17. The molecule has 0 aliphatic carbocycles. The van der Waals surface area contributed by atoms with Crippen LogP contribution in [0, 0.1) is 11.3 Å². The maximum absolute atomic E-state index is 12.1. The zero-order valence-electron chi connectivity index (χ0n) is 11.4. The summed E-state index contributed by atoms with van der Waals surface area (Å²) in [6.07, 6.45) is 3.48. The molecule has 100 valence electrons. The average molecular weight is 256 g/mol. The Hall–Kier alpha value is -1.82. The van der Waals surface area contributed by atoms with E-state index in [0.717, 1.165) is 37.9 Å². The number of aryl methyl sites for hydroxylation is 1. The van der Waals surface area contributed by atoms with Crippen molar-refractivity contribution < 1.29 is 4.79 Å². The van der Waals surface area contributed by atoms with Crippen LogP contribution in [0.4, 0.5) is 0 Å². The van der Waals surface area contributed by atoms with Crippen LogP contribution in [0.3, 0.4) is 0 Å². The van der Waals surface area contributed by atoms with Gasteiger partial charge in [-0.2, -0.15) is 5.26 Å². The second-order valence-corrected chi connectivity index (χ2v) is 5.07. The minimum absolute atomic E-state index is 0.114. The third-order valence-electron chi connectivity index (χ3n) is 3.78. The molecule has 3 nitrogen and oxygen atoms in total. The van der Waals surface area contributed by atoms with E-state index in [4.69, 9.17) is 0 Å². The fourth-order valence-electron chi connectivity index (χ4n) is 2.49. The third kappa shape index (κ3) is 3.35. The van der Waals surface area contributed by atoms with Crippen LogP contribution < -0.4 is 0 Å². The molecule has 1 atom stereocenters. The molecule has 1 aromatic rings. The maximum Gasteiger partial charge on any atom is 0.224 e. The highest BCUT2D eigenvalue weighted by Gasteiger charge is 2.22. The van der Waals surface area contributed by atoms with E-state index < -0.39 is 0 Å². The summed E-state index contributed by atoms with van der Waals surface area (Å²) in [6.45, 7) is 3.81. The number of carbonyl (C=O) groups excluding carboxylic acids is 1. The van der Waals surface area contributed by atoms with Gasteiger partial charge in [-0.1, -0.05) is 31.2 Å². The fourth-order valence-corrected chi connectivity index (χ4v) is 2.49. The third-order valence-corrected chi connectivity index (χ3v) is 3.78. The fraction of sp³-hybridized carbons (Fsp3) is 0.500. The van der Waals surface area contributed by atoms with Gasteiger partial charge in [0.15, 0.2) is 0 Å². The first-order valence-corrected chi connectivity index (χ1v) is 7.00. The van der Waals surface area contributed by atoms with E-state index in [-0.39, 0.29) is 11.8 Å². The number of benzene rings is 1. The summed E-state index contributed by atoms with van der Waals surface area (Å²) in [5, 5.41) is 9.28. The first-order chi connectivity index (χ1) is 9.24. The molecule has 2 rings (SSSR count). The zero-order chi connectivity index (χ0) is 13.7. The Morgan fingerprint density at radius 2 is 1.95 bits per heavy atom. The normalized spacial score (nSPS) is 16.1. The molecule has 0 bridgehead atoms. The summed E-state index contributed by atoms with van der Waals surface area (Å²) in [5.74, 6) is -0.206. The SMILES string of the molecule is CCc1ccc(C(C#N)CC(=O)N2CCCC2)cc1. The first-order valence-electron chi connectivity index (χ1n) is 7.00. The topological polar surface area (TPSA) is 44.1 Å². The van der Waals surface area contributed by atoms with Gasteiger partial charge in [0, 0.05) is 19.5 Å². The lowest BCUT2D eigenvalue weighted by atomic mass is 9.95. The predicted molar refractivity (Wildman–Crippen MR) is 74.6 cm³/mol. The highest BCUT2D eigenvalue weighted by Crippen LogP contribution is 2.22. The Morgan fingerprint density at radius 1 is 1.32 bits per heavy atom. The van der Waals surface area contributed by atoms with Crippen molar-refractivity contribution in [3.05, 3.63) is 35.4 Å². The monoisotopic (exact) mass is 256 g/mol. The summed E-state index contributed by atoms with van der Waals surface area (Å²) >= 11 is 0. The molecule has 0 spiro atoms. The molecule has 1 heterocycles. The van der Waals surface area contributed by atoms with Crippen molar-refractivity contribution in [2.45, 2.75) is 38.5 Å². The molecule has 0 aromatic heterocycles. The summed E-state index contributed by atoms with van der Waals surface area (Å²) in [7, 11) is 0. The van der Waals surface area contributed by atoms with Gasteiger partial charge in [0.2, 0.25) is 5.91 Å². The molecule has 0 saturated carbocycles. The molecular weight excluding hydrogens is 236 g/mol. The standard InChI is InChI=1S/C16H20N2O/c1-2-13-5-7-14(8-6-13)15(12-17)11-16(19)18-9-3-4-10-18/h5-8,15H,2-4,9-11H2,1H3. The number of likely N-dealkylation sites (tertiary alicyclic amines) is 1. The van der Waals surface area contributed by atoms with Gasteiger partial charge in [0.25, 0.3) is 0 Å². The summed E-state index contributed by atoms with van der Waals surface area (Å²) in [4.78, 5) is 14.0. The maximum atomic E-state index is 12.1. The summed E-state index contributed by atoms with van der Waals surface area (Å²) in [5.41, 5.74) is 2.21. The number of nitriles is 1. The Labute approximate surface area is 114 Å². The van der Waals surface area contributed by atoms with Crippen molar-refractivity contribution in [3.63, 3.8) is 0 Å². The minimum atomic E-state index is -0.320. The molecule has 1 aliphatic heterocycles. The van der Waals surface area contributed by atoms with E-state index in [0.29, 0.717) is 6.42 Å². The Kier molecular flexibility index (Phi) is 4.57. The molecular formula is C16H20N2O. The molecule has 3 heteroatoms. The van der Waals surface area contributed by atoms with Gasteiger partial charge < -0.3 is 4.90 Å². The van der Waals surface area contributed by atoms with Crippen LogP contribution in [-0.4, -0.2) is 23.9 Å². The Bertz CT molecular complexity index is 467. The second-order valence-electron chi connectivity index (χ2n) is 5.07. The molecule has 1 aromatic carbocycles. The Balaban J connectivity index is 2.02. The summed E-state index contributed by atoms with van der Waals surface area (Å²) in [6, 6.07) is 10.3. The van der Waals surface area contributed by atoms with Crippen molar-refractivity contribution >= 4 is 5.91 Å². The predicted octanol–water partition coefficient (Wildman–Crippen LogP) is 2.87. The van der Waals surface area contributed by atoms with E-state index in [1.165, 1.54) is 5.56 Å². The molecule has 0 N–H and O–H groups in total. The van der Waals surface area contributed by atoms with Gasteiger partial charge in [-0.25, -0.2) is 0 Å². The van der Waals surface area contributed by atoms with Gasteiger partial charge in [-0.3, -0.25) is 4.79 Å². The molecule has 0 radical (unpaired) electrons. The van der Waals surface area contributed by atoms with Crippen LogP contribution in [0.2, 0.25) is 0 Å². The van der Waals surface area contributed by atoms with E-state index in [1.807, 2.05) is 29.2 Å². The number of rotatable bonds is 4. The molecule has 1 fully saturated rings. The van der Waals surface area contributed by atoms with E-state index in [1.54, 1.807) is 0 Å². The Morgan fingerprint density at radius 3 is 2.47 bits per heavy atom.